The third-order valence-corrected chi connectivity index (χ3v) is 4.93. The van der Waals surface area contributed by atoms with Crippen molar-refractivity contribution in [3.63, 3.8) is 0 Å². The Hall–Kier alpha value is -2.66. The highest BCUT2D eigenvalue weighted by Gasteiger charge is 2.23. The van der Waals surface area contributed by atoms with E-state index >= 15 is 0 Å². The van der Waals surface area contributed by atoms with Gasteiger partial charge in [-0.1, -0.05) is 13.0 Å². The average molecular weight is 369 g/mol. The van der Waals surface area contributed by atoms with E-state index in [1.807, 2.05) is 32.0 Å². The lowest BCUT2D eigenvalue weighted by molar-refractivity contribution is 0.0603. The van der Waals surface area contributed by atoms with Crippen LogP contribution in [0.15, 0.2) is 46.9 Å². The number of carbonyl (C=O) groups is 1. The predicted octanol–water partition coefficient (Wildman–Crippen LogP) is 5.13. The normalized spacial score (nSPS) is 13.5. The van der Waals surface area contributed by atoms with E-state index in [-0.39, 0.29) is 23.7 Å². The molecule has 3 aromatic rings. The summed E-state index contributed by atoms with van der Waals surface area (Å²) in [6, 6.07) is 11.8. The fourth-order valence-electron chi connectivity index (χ4n) is 3.23. The molecule has 0 saturated carbocycles. The molecule has 1 N–H and O–H groups in total. The van der Waals surface area contributed by atoms with E-state index in [0.717, 1.165) is 10.9 Å². The molecule has 1 heterocycles. The van der Waals surface area contributed by atoms with Gasteiger partial charge in [-0.15, -0.1) is 0 Å². The first-order valence-corrected chi connectivity index (χ1v) is 9.12. The van der Waals surface area contributed by atoms with Crippen molar-refractivity contribution in [2.75, 3.05) is 13.7 Å². The molecule has 0 radical (unpaired) electrons. The number of carbonyl (C=O) groups excluding carboxylic acids is 1. The Bertz CT molecular complexity index is 946. The van der Waals surface area contributed by atoms with Crippen LogP contribution >= 0.6 is 0 Å². The summed E-state index contributed by atoms with van der Waals surface area (Å²) in [7, 11) is 1.58. The Morgan fingerprint density at radius 1 is 1.19 bits per heavy atom. The number of rotatable bonds is 6. The molecule has 0 saturated heterocycles. The minimum absolute atomic E-state index is 0.0550. The first-order chi connectivity index (χ1) is 13.0. The Morgan fingerprint density at radius 2 is 1.89 bits per heavy atom. The highest BCUT2D eigenvalue weighted by molar-refractivity contribution is 6.11. The van der Waals surface area contributed by atoms with Gasteiger partial charge in [0.05, 0.1) is 11.7 Å². The van der Waals surface area contributed by atoms with Crippen molar-refractivity contribution < 1.29 is 18.3 Å². The van der Waals surface area contributed by atoms with Gasteiger partial charge in [0.2, 0.25) is 0 Å². The third-order valence-electron chi connectivity index (χ3n) is 4.93. The third kappa shape index (κ3) is 3.74. The second-order valence-corrected chi connectivity index (χ2v) is 6.60. The molecule has 0 bridgehead atoms. The van der Waals surface area contributed by atoms with E-state index in [1.165, 1.54) is 12.1 Å². The van der Waals surface area contributed by atoms with Crippen LogP contribution in [0.5, 0.6) is 0 Å². The summed E-state index contributed by atoms with van der Waals surface area (Å²) in [6.07, 6.45) is 0.0550. The van der Waals surface area contributed by atoms with Crippen LogP contribution in [-0.2, 0) is 4.74 Å². The van der Waals surface area contributed by atoms with Gasteiger partial charge in [0, 0.05) is 30.5 Å². The Kier molecular flexibility index (Phi) is 5.61. The highest BCUT2D eigenvalue weighted by Crippen LogP contribution is 2.36. The first-order valence-electron chi connectivity index (χ1n) is 9.12. The maximum absolute atomic E-state index is 13.3. The second-order valence-electron chi connectivity index (χ2n) is 6.60. The van der Waals surface area contributed by atoms with E-state index in [9.17, 15) is 9.18 Å². The van der Waals surface area contributed by atoms with Gasteiger partial charge in [0.1, 0.15) is 17.2 Å². The number of benzene rings is 2. The molecule has 0 aliphatic heterocycles. The topological polar surface area (TPSA) is 51.5 Å². The molecular formula is C22H24FNO3. The molecule has 0 aliphatic rings. The van der Waals surface area contributed by atoms with E-state index in [4.69, 9.17) is 9.15 Å². The second kappa shape index (κ2) is 7.92. The summed E-state index contributed by atoms with van der Waals surface area (Å²) >= 11 is 0. The molecule has 0 spiro atoms. The number of ether oxygens (including phenoxy) is 1. The summed E-state index contributed by atoms with van der Waals surface area (Å²) in [5, 5.41) is 3.41. The standard InChI is InChI=1S/C22H24FNO3/c1-5-26-14(3)13(2)16-8-11-19-18(12-16)20(22(25)24-4)21(27-19)15-6-9-17(23)10-7-15/h6-14H,5H2,1-4H3,(H,24,25). The van der Waals surface area contributed by atoms with Crippen LogP contribution < -0.4 is 5.32 Å². The zero-order valence-corrected chi connectivity index (χ0v) is 16.0. The van der Waals surface area contributed by atoms with Crippen molar-refractivity contribution in [2.24, 2.45) is 0 Å². The average Bonchev–Trinajstić information content (AvgIpc) is 3.06. The molecular weight excluding hydrogens is 345 g/mol. The lowest BCUT2D eigenvalue weighted by atomic mass is 9.94. The van der Waals surface area contributed by atoms with E-state index in [2.05, 4.69) is 12.2 Å². The number of nitrogens with one attached hydrogen (secondary N) is 1. The Morgan fingerprint density at radius 3 is 2.52 bits per heavy atom. The van der Waals surface area contributed by atoms with Crippen LogP contribution in [0.25, 0.3) is 22.3 Å². The summed E-state index contributed by atoms with van der Waals surface area (Å²) in [4.78, 5) is 12.6. The lowest BCUT2D eigenvalue weighted by Crippen LogP contribution is -2.18. The van der Waals surface area contributed by atoms with Crippen LogP contribution in [0.4, 0.5) is 4.39 Å². The zero-order chi connectivity index (χ0) is 19.6. The molecule has 27 heavy (non-hydrogen) atoms. The summed E-state index contributed by atoms with van der Waals surface area (Å²) < 4.78 is 25.0. The number of amides is 1. The monoisotopic (exact) mass is 369 g/mol. The molecule has 142 valence electrons. The number of hydrogen-bond donors (Lipinski definition) is 1. The maximum Gasteiger partial charge on any atom is 0.255 e. The molecule has 0 aliphatic carbocycles. The molecule has 2 atom stereocenters. The van der Waals surface area contributed by atoms with Crippen LogP contribution in [0.3, 0.4) is 0 Å². The van der Waals surface area contributed by atoms with E-state index in [1.54, 1.807) is 19.2 Å². The van der Waals surface area contributed by atoms with Crippen molar-refractivity contribution in [3.05, 3.63) is 59.4 Å². The molecule has 1 amide bonds. The highest BCUT2D eigenvalue weighted by atomic mass is 19.1. The van der Waals surface area contributed by atoms with Gasteiger partial charge in [0.15, 0.2) is 0 Å². The van der Waals surface area contributed by atoms with Crippen LogP contribution in [-0.4, -0.2) is 25.7 Å². The van der Waals surface area contributed by atoms with Crippen molar-refractivity contribution in [1.29, 1.82) is 0 Å². The molecule has 2 aromatic carbocycles. The summed E-state index contributed by atoms with van der Waals surface area (Å²) in [6.45, 7) is 6.76. The summed E-state index contributed by atoms with van der Waals surface area (Å²) in [5.41, 5.74) is 2.80. The van der Waals surface area contributed by atoms with Crippen molar-refractivity contribution in [2.45, 2.75) is 32.8 Å². The van der Waals surface area contributed by atoms with Crippen LogP contribution in [0, 0.1) is 5.82 Å². The van der Waals surface area contributed by atoms with Crippen molar-refractivity contribution in [3.8, 4) is 11.3 Å². The van der Waals surface area contributed by atoms with Gasteiger partial charge in [-0.05, 0) is 55.8 Å². The Balaban J connectivity index is 2.15. The SMILES string of the molecule is CCOC(C)C(C)c1ccc2oc(-c3ccc(F)cc3)c(C(=O)NC)c2c1. The fraction of sp³-hybridized carbons (Fsp3) is 0.318. The molecule has 5 heteroatoms. The molecule has 1 aromatic heterocycles. The van der Waals surface area contributed by atoms with Gasteiger partial charge in [-0.25, -0.2) is 4.39 Å². The molecule has 4 nitrogen and oxygen atoms in total. The number of halogens is 1. The smallest absolute Gasteiger partial charge is 0.255 e. The van der Waals surface area contributed by atoms with E-state index < -0.39 is 0 Å². The number of hydrogen-bond acceptors (Lipinski definition) is 3. The minimum atomic E-state index is -0.336. The van der Waals surface area contributed by atoms with Gasteiger partial charge in [0.25, 0.3) is 5.91 Å². The van der Waals surface area contributed by atoms with Crippen molar-refractivity contribution in [1.82, 2.24) is 5.32 Å². The lowest BCUT2D eigenvalue weighted by Gasteiger charge is -2.20. The predicted molar refractivity (Wildman–Crippen MR) is 105 cm³/mol. The summed E-state index contributed by atoms with van der Waals surface area (Å²) in [5.74, 6) is 0.0242. The Labute approximate surface area is 158 Å². The minimum Gasteiger partial charge on any atom is -0.455 e. The van der Waals surface area contributed by atoms with E-state index in [0.29, 0.717) is 29.1 Å². The maximum atomic E-state index is 13.3. The van der Waals surface area contributed by atoms with Gasteiger partial charge < -0.3 is 14.5 Å². The zero-order valence-electron chi connectivity index (χ0n) is 16.0. The quantitative estimate of drug-likeness (QED) is 0.655. The molecule has 0 fully saturated rings. The van der Waals surface area contributed by atoms with Crippen LogP contribution in [0.2, 0.25) is 0 Å². The number of fused-ring (bicyclic) bond motifs is 1. The molecule has 3 rings (SSSR count). The number of furan rings is 1. The van der Waals surface area contributed by atoms with Gasteiger partial charge >= 0.3 is 0 Å². The molecule has 2 unspecified atom stereocenters. The fourth-order valence-corrected chi connectivity index (χ4v) is 3.23. The largest absolute Gasteiger partial charge is 0.455 e. The van der Waals surface area contributed by atoms with Crippen LogP contribution in [0.1, 0.15) is 42.6 Å². The van der Waals surface area contributed by atoms with Gasteiger partial charge in [-0.2, -0.15) is 0 Å². The first kappa shape index (κ1) is 19.1. The van der Waals surface area contributed by atoms with Crippen molar-refractivity contribution >= 4 is 16.9 Å². The van der Waals surface area contributed by atoms with Gasteiger partial charge in [-0.3, -0.25) is 4.79 Å².